The molecule has 1 unspecified atom stereocenters. The molecule has 0 aromatic rings. The van der Waals surface area contributed by atoms with Gasteiger partial charge in [-0.25, -0.2) is 0 Å². The first-order valence-electron chi connectivity index (χ1n) is 7.07. The van der Waals surface area contributed by atoms with Gasteiger partial charge in [-0.05, 0) is 34.1 Å². The van der Waals surface area contributed by atoms with E-state index in [0.29, 0.717) is 19.3 Å². The molecule has 0 spiro atoms. The summed E-state index contributed by atoms with van der Waals surface area (Å²) in [5.74, 6) is 0. The van der Waals surface area contributed by atoms with Crippen LogP contribution < -0.4 is 0 Å². The summed E-state index contributed by atoms with van der Waals surface area (Å²) in [5.41, 5.74) is 0. The van der Waals surface area contributed by atoms with E-state index >= 15 is 0 Å². The summed E-state index contributed by atoms with van der Waals surface area (Å²) in [6.07, 6.45) is 1.41. The zero-order valence-electron chi connectivity index (χ0n) is 12.8. The van der Waals surface area contributed by atoms with E-state index < -0.39 is 8.80 Å². The van der Waals surface area contributed by atoms with Crippen molar-refractivity contribution < 1.29 is 22.8 Å². The highest BCUT2D eigenvalue weighted by Gasteiger charge is 2.41. The second-order valence-electron chi connectivity index (χ2n) is 5.35. The third-order valence-electron chi connectivity index (χ3n) is 2.62. The Bertz CT molecular complexity index is 233. The van der Waals surface area contributed by atoms with Gasteiger partial charge in [0.15, 0.2) is 0 Å². The Morgan fingerprint density at radius 3 is 2.16 bits per heavy atom. The molecule has 1 rings (SSSR count). The average molecular weight is 292 g/mol. The molecule has 1 atom stereocenters. The summed E-state index contributed by atoms with van der Waals surface area (Å²) in [7, 11) is -0.892. The molecule has 1 fully saturated rings. The molecule has 0 amide bonds. The minimum atomic E-state index is -2.57. The van der Waals surface area contributed by atoms with Crippen LogP contribution in [0.1, 0.15) is 34.1 Å². The Labute approximate surface area is 117 Å². The van der Waals surface area contributed by atoms with Crippen molar-refractivity contribution in [1.82, 2.24) is 0 Å². The topological polar surface area (TPSA) is 49.5 Å². The molecule has 0 aromatic carbocycles. The third kappa shape index (κ3) is 7.39. The van der Waals surface area contributed by atoms with E-state index in [2.05, 4.69) is 0 Å². The van der Waals surface area contributed by atoms with Gasteiger partial charge in [0, 0.05) is 32.0 Å². The first kappa shape index (κ1) is 17.1. The van der Waals surface area contributed by atoms with Crippen LogP contribution in [0.25, 0.3) is 0 Å². The molecule has 0 radical (unpaired) electrons. The van der Waals surface area contributed by atoms with Crippen LogP contribution in [0.15, 0.2) is 0 Å². The lowest BCUT2D eigenvalue weighted by molar-refractivity contribution is 0.0296. The molecule has 0 N–H and O–H groups in total. The predicted molar refractivity (Wildman–Crippen MR) is 75.2 cm³/mol. The summed E-state index contributed by atoms with van der Waals surface area (Å²) >= 11 is 0. The molecule has 0 bridgehead atoms. The predicted octanol–water partition coefficient (Wildman–Crippen LogP) is 2.23. The van der Waals surface area contributed by atoms with Gasteiger partial charge >= 0.3 is 8.80 Å². The van der Waals surface area contributed by atoms with Crippen molar-refractivity contribution in [2.24, 2.45) is 0 Å². The van der Waals surface area contributed by atoms with E-state index in [0.717, 1.165) is 19.1 Å². The van der Waals surface area contributed by atoms with Gasteiger partial charge in [-0.3, -0.25) is 0 Å². The van der Waals surface area contributed by atoms with Gasteiger partial charge in [-0.2, -0.15) is 0 Å². The SMILES string of the molecule is CO[Si](CCCOCC1CO1)(OC(C)C)OC(C)C. The van der Waals surface area contributed by atoms with Crippen molar-refractivity contribution in [3.8, 4) is 0 Å². The molecule has 5 nitrogen and oxygen atoms in total. The van der Waals surface area contributed by atoms with Gasteiger partial charge in [0.05, 0.1) is 13.2 Å². The lowest BCUT2D eigenvalue weighted by Crippen LogP contribution is -2.48. The van der Waals surface area contributed by atoms with Crippen LogP contribution in [0.5, 0.6) is 0 Å². The second-order valence-corrected chi connectivity index (χ2v) is 8.10. The fourth-order valence-electron chi connectivity index (χ4n) is 1.83. The van der Waals surface area contributed by atoms with Crippen molar-refractivity contribution in [1.29, 1.82) is 0 Å². The Morgan fingerprint density at radius 2 is 1.74 bits per heavy atom. The zero-order valence-corrected chi connectivity index (χ0v) is 13.8. The minimum absolute atomic E-state index is 0.103. The van der Waals surface area contributed by atoms with Crippen molar-refractivity contribution in [2.45, 2.75) is 58.5 Å². The molecule has 1 heterocycles. The first-order chi connectivity index (χ1) is 8.97. The van der Waals surface area contributed by atoms with E-state index in [-0.39, 0.29) is 12.2 Å². The largest absolute Gasteiger partial charge is 0.501 e. The number of ether oxygens (including phenoxy) is 2. The summed E-state index contributed by atoms with van der Waals surface area (Å²) in [6.45, 7) is 10.2. The average Bonchev–Trinajstić information content (AvgIpc) is 3.10. The number of rotatable bonds is 11. The van der Waals surface area contributed by atoms with E-state index in [1.54, 1.807) is 7.11 Å². The van der Waals surface area contributed by atoms with E-state index in [1.807, 2.05) is 27.7 Å². The molecule has 0 saturated carbocycles. The fraction of sp³-hybridized carbons (Fsp3) is 1.00. The second kappa shape index (κ2) is 8.34. The summed E-state index contributed by atoms with van der Waals surface area (Å²) < 4.78 is 28.1. The molecule has 1 aliphatic rings. The van der Waals surface area contributed by atoms with Gasteiger partial charge in [0.25, 0.3) is 0 Å². The Morgan fingerprint density at radius 1 is 1.16 bits per heavy atom. The summed E-state index contributed by atoms with van der Waals surface area (Å²) in [6, 6.07) is 0.783. The number of hydrogen-bond donors (Lipinski definition) is 0. The lowest BCUT2D eigenvalue weighted by atomic mass is 10.5. The van der Waals surface area contributed by atoms with E-state index in [4.69, 9.17) is 22.8 Å². The number of hydrogen-bond acceptors (Lipinski definition) is 5. The maximum atomic E-state index is 5.95. The van der Waals surface area contributed by atoms with Crippen molar-refractivity contribution in [2.75, 3.05) is 26.9 Å². The van der Waals surface area contributed by atoms with Gasteiger partial charge in [-0.15, -0.1) is 0 Å². The van der Waals surface area contributed by atoms with Crippen LogP contribution in [0.2, 0.25) is 6.04 Å². The fourth-order valence-corrected chi connectivity index (χ4v) is 4.53. The minimum Gasteiger partial charge on any atom is -0.379 e. The normalized spacial score (nSPS) is 19.4. The quantitative estimate of drug-likeness (QED) is 0.332. The summed E-state index contributed by atoms with van der Waals surface area (Å²) in [4.78, 5) is 0. The van der Waals surface area contributed by atoms with Crippen LogP contribution in [-0.2, 0) is 22.8 Å². The molecule has 6 heteroatoms. The standard InChI is InChI=1S/C13H28O5Si/c1-11(2)17-19(14-5,18-12(3)4)8-6-7-15-9-13-10-16-13/h11-13H,6-10H2,1-5H3. The highest BCUT2D eigenvalue weighted by Crippen LogP contribution is 2.21. The molecule has 19 heavy (non-hydrogen) atoms. The number of epoxide rings is 1. The van der Waals surface area contributed by atoms with E-state index in [9.17, 15) is 0 Å². The van der Waals surface area contributed by atoms with Crippen LogP contribution in [-0.4, -0.2) is 54.0 Å². The first-order valence-corrected chi connectivity index (χ1v) is 9.01. The Balaban J connectivity index is 2.32. The highest BCUT2D eigenvalue weighted by molar-refractivity contribution is 6.60. The smallest absolute Gasteiger partial charge is 0.379 e. The maximum Gasteiger partial charge on any atom is 0.501 e. The molecule has 0 aromatic heterocycles. The summed E-state index contributed by atoms with van der Waals surface area (Å²) in [5, 5.41) is 0. The van der Waals surface area contributed by atoms with Crippen LogP contribution in [0.4, 0.5) is 0 Å². The van der Waals surface area contributed by atoms with Crippen LogP contribution in [0, 0.1) is 0 Å². The molecule has 1 saturated heterocycles. The van der Waals surface area contributed by atoms with Gasteiger partial charge in [0.1, 0.15) is 6.10 Å². The molecular formula is C13H28O5Si. The molecule has 1 aliphatic heterocycles. The van der Waals surface area contributed by atoms with Gasteiger partial charge < -0.3 is 22.8 Å². The highest BCUT2D eigenvalue weighted by atomic mass is 28.4. The Kier molecular flexibility index (Phi) is 7.49. The van der Waals surface area contributed by atoms with Gasteiger partial charge in [-0.1, -0.05) is 0 Å². The van der Waals surface area contributed by atoms with E-state index in [1.165, 1.54) is 0 Å². The van der Waals surface area contributed by atoms with Gasteiger partial charge in [0.2, 0.25) is 0 Å². The zero-order chi connectivity index (χ0) is 14.3. The Hall–Kier alpha value is 0.0169. The van der Waals surface area contributed by atoms with Crippen LogP contribution >= 0.6 is 0 Å². The molecule has 0 aliphatic carbocycles. The monoisotopic (exact) mass is 292 g/mol. The molecular weight excluding hydrogens is 264 g/mol. The maximum absolute atomic E-state index is 5.95. The third-order valence-corrected chi connectivity index (χ3v) is 5.87. The molecule has 114 valence electrons. The lowest BCUT2D eigenvalue weighted by Gasteiger charge is -2.31. The van der Waals surface area contributed by atoms with Crippen LogP contribution in [0.3, 0.4) is 0 Å². The van der Waals surface area contributed by atoms with Crippen molar-refractivity contribution >= 4 is 8.80 Å². The van der Waals surface area contributed by atoms with Crippen molar-refractivity contribution in [3.05, 3.63) is 0 Å². The van der Waals surface area contributed by atoms with Crippen molar-refractivity contribution in [3.63, 3.8) is 0 Å².